The molecule has 2 aromatic rings. The number of benzene rings is 1. The molecule has 3 nitrogen and oxygen atoms in total. The third-order valence-electron chi connectivity index (χ3n) is 1.69. The van der Waals surface area contributed by atoms with Gasteiger partial charge < -0.3 is 9.52 Å². The van der Waals surface area contributed by atoms with Gasteiger partial charge in [-0.1, -0.05) is 0 Å². The Labute approximate surface area is 68.2 Å². The number of fused-ring (bicyclic) bond motifs is 1. The molecule has 1 aromatic carbocycles. The van der Waals surface area contributed by atoms with Crippen LogP contribution in [0.3, 0.4) is 0 Å². The zero-order chi connectivity index (χ0) is 8.55. The number of phenolic OH excluding ortho intramolecular Hbond substituents is 1. The lowest BCUT2D eigenvalue weighted by Crippen LogP contribution is -1.78. The van der Waals surface area contributed by atoms with E-state index in [1.807, 2.05) is 0 Å². The van der Waals surface area contributed by atoms with E-state index >= 15 is 0 Å². The van der Waals surface area contributed by atoms with Gasteiger partial charge in [-0.3, -0.25) is 4.79 Å². The summed E-state index contributed by atoms with van der Waals surface area (Å²) in [6.45, 7) is 0. The molecular formula is C9H6O3. The summed E-state index contributed by atoms with van der Waals surface area (Å²) < 4.78 is 4.98. The minimum atomic E-state index is -0.000370. The highest BCUT2D eigenvalue weighted by Crippen LogP contribution is 2.26. The molecule has 0 aliphatic rings. The van der Waals surface area contributed by atoms with E-state index in [1.165, 1.54) is 12.3 Å². The maximum Gasteiger partial charge on any atom is 0.175 e. The van der Waals surface area contributed by atoms with Gasteiger partial charge in [-0.05, 0) is 18.2 Å². The predicted octanol–water partition coefficient (Wildman–Crippen LogP) is 1.95. The van der Waals surface area contributed by atoms with Gasteiger partial charge in [-0.25, -0.2) is 0 Å². The molecule has 1 aromatic heterocycles. The fourth-order valence-corrected chi connectivity index (χ4v) is 1.15. The van der Waals surface area contributed by atoms with Crippen molar-refractivity contribution in [2.45, 2.75) is 0 Å². The van der Waals surface area contributed by atoms with E-state index in [0.717, 1.165) is 5.39 Å². The zero-order valence-electron chi connectivity index (χ0n) is 6.15. The Morgan fingerprint density at radius 2 is 2.25 bits per heavy atom. The average molecular weight is 162 g/mol. The third-order valence-corrected chi connectivity index (χ3v) is 1.69. The third kappa shape index (κ3) is 0.871. The molecule has 0 aliphatic heterocycles. The number of carbonyl (C=O) groups excluding carboxylic acids is 1. The summed E-state index contributed by atoms with van der Waals surface area (Å²) >= 11 is 0. The number of rotatable bonds is 1. The van der Waals surface area contributed by atoms with Crippen LogP contribution < -0.4 is 0 Å². The highest BCUT2D eigenvalue weighted by Gasteiger charge is 2.04. The van der Waals surface area contributed by atoms with Crippen molar-refractivity contribution in [2.24, 2.45) is 0 Å². The van der Waals surface area contributed by atoms with Crippen molar-refractivity contribution in [1.82, 2.24) is 0 Å². The topological polar surface area (TPSA) is 50.4 Å². The van der Waals surface area contributed by atoms with Crippen LogP contribution in [0, 0.1) is 0 Å². The quantitative estimate of drug-likeness (QED) is 0.652. The first kappa shape index (κ1) is 6.91. The van der Waals surface area contributed by atoms with Crippen molar-refractivity contribution in [1.29, 1.82) is 0 Å². The van der Waals surface area contributed by atoms with Gasteiger partial charge in [0.2, 0.25) is 0 Å². The van der Waals surface area contributed by atoms with Gasteiger partial charge in [0.05, 0.1) is 6.26 Å². The molecule has 2 rings (SSSR count). The minimum Gasteiger partial charge on any atom is -0.504 e. The first-order valence-corrected chi connectivity index (χ1v) is 3.46. The zero-order valence-corrected chi connectivity index (χ0v) is 6.15. The van der Waals surface area contributed by atoms with Gasteiger partial charge in [-0.15, -0.1) is 0 Å². The SMILES string of the molecule is O=Cc1cc(O)c2occc2c1. The van der Waals surface area contributed by atoms with Crippen LogP contribution in [0.1, 0.15) is 10.4 Å². The van der Waals surface area contributed by atoms with E-state index in [0.29, 0.717) is 17.4 Å². The molecule has 0 radical (unpaired) electrons. The molecule has 60 valence electrons. The number of aromatic hydroxyl groups is 1. The molecular weight excluding hydrogens is 156 g/mol. The first-order chi connectivity index (χ1) is 5.81. The normalized spacial score (nSPS) is 10.3. The van der Waals surface area contributed by atoms with Crippen molar-refractivity contribution in [2.75, 3.05) is 0 Å². The molecule has 0 fully saturated rings. The van der Waals surface area contributed by atoms with Gasteiger partial charge in [0.1, 0.15) is 6.29 Å². The molecule has 0 bridgehead atoms. The van der Waals surface area contributed by atoms with Gasteiger partial charge in [0.25, 0.3) is 0 Å². The smallest absolute Gasteiger partial charge is 0.175 e. The van der Waals surface area contributed by atoms with Crippen molar-refractivity contribution in [3.63, 3.8) is 0 Å². The maximum absolute atomic E-state index is 10.4. The Balaban J connectivity index is 2.83. The number of hydrogen-bond acceptors (Lipinski definition) is 3. The van der Waals surface area contributed by atoms with Crippen LogP contribution in [0.15, 0.2) is 28.9 Å². The van der Waals surface area contributed by atoms with Gasteiger partial charge in [0.15, 0.2) is 11.3 Å². The van der Waals surface area contributed by atoms with Crippen LogP contribution in [-0.4, -0.2) is 11.4 Å². The number of carbonyl (C=O) groups is 1. The van der Waals surface area contributed by atoms with Crippen molar-refractivity contribution >= 4 is 17.3 Å². The number of phenols is 1. The molecule has 0 aliphatic carbocycles. The van der Waals surface area contributed by atoms with Gasteiger partial charge >= 0.3 is 0 Å². The molecule has 0 spiro atoms. The Hall–Kier alpha value is -1.77. The second kappa shape index (κ2) is 2.37. The van der Waals surface area contributed by atoms with E-state index < -0.39 is 0 Å². The summed E-state index contributed by atoms with van der Waals surface area (Å²) in [5, 5.41) is 10.1. The molecule has 0 saturated carbocycles. The van der Waals surface area contributed by atoms with Crippen LogP contribution in [0.2, 0.25) is 0 Å². The molecule has 0 unspecified atom stereocenters. The molecule has 0 saturated heterocycles. The minimum absolute atomic E-state index is 0.000370. The lowest BCUT2D eigenvalue weighted by Gasteiger charge is -1.94. The Bertz CT molecular complexity index is 428. The monoisotopic (exact) mass is 162 g/mol. The second-order valence-electron chi connectivity index (χ2n) is 2.50. The molecule has 3 heteroatoms. The standard InChI is InChI=1S/C9H6O3/c10-5-6-3-7-1-2-12-9(7)8(11)4-6/h1-5,11H. The number of hydrogen-bond donors (Lipinski definition) is 1. The number of furan rings is 1. The van der Waals surface area contributed by atoms with Crippen LogP contribution in [-0.2, 0) is 0 Å². The van der Waals surface area contributed by atoms with E-state index in [-0.39, 0.29) is 5.75 Å². The van der Waals surface area contributed by atoms with E-state index in [4.69, 9.17) is 4.42 Å². The fourth-order valence-electron chi connectivity index (χ4n) is 1.15. The van der Waals surface area contributed by atoms with E-state index in [2.05, 4.69) is 0 Å². The van der Waals surface area contributed by atoms with Crippen molar-refractivity contribution < 1.29 is 14.3 Å². The summed E-state index contributed by atoms with van der Waals surface area (Å²) in [6, 6.07) is 4.73. The lowest BCUT2D eigenvalue weighted by molar-refractivity contribution is 0.112. The van der Waals surface area contributed by atoms with Crippen LogP contribution in [0.4, 0.5) is 0 Å². The highest BCUT2D eigenvalue weighted by atomic mass is 16.3. The summed E-state index contributed by atoms with van der Waals surface area (Å²) in [5.74, 6) is -0.000370. The highest BCUT2D eigenvalue weighted by molar-refractivity contribution is 5.89. The van der Waals surface area contributed by atoms with Crippen LogP contribution >= 0.6 is 0 Å². The largest absolute Gasteiger partial charge is 0.504 e. The van der Waals surface area contributed by atoms with Crippen molar-refractivity contribution in [3.8, 4) is 5.75 Å². The average Bonchev–Trinajstić information content (AvgIpc) is 2.52. The van der Waals surface area contributed by atoms with E-state index in [1.54, 1.807) is 12.1 Å². The Kier molecular flexibility index (Phi) is 1.37. The Morgan fingerprint density at radius 1 is 1.42 bits per heavy atom. The molecule has 0 amide bonds. The maximum atomic E-state index is 10.4. The summed E-state index contributed by atoms with van der Waals surface area (Å²) in [6.07, 6.45) is 2.16. The van der Waals surface area contributed by atoms with Gasteiger partial charge in [-0.2, -0.15) is 0 Å². The van der Waals surface area contributed by atoms with Crippen molar-refractivity contribution in [3.05, 3.63) is 30.0 Å². The first-order valence-electron chi connectivity index (χ1n) is 3.46. The summed E-state index contributed by atoms with van der Waals surface area (Å²) in [4.78, 5) is 10.4. The summed E-state index contributed by atoms with van der Waals surface area (Å²) in [7, 11) is 0. The predicted molar refractivity (Wildman–Crippen MR) is 43.3 cm³/mol. The van der Waals surface area contributed by atoms with Crippen LogP contribution in [0.5, 0.6) is 5.75 Å². The van der Waals surface area contributed by atoms with Crippen LogP contribution in [0.25, 0.3) is 11.0 Å². The molecule has 1 heterocycles. The molecule has 1 N–H and O–H groups in total. The summed E-state index contributed by atoms with van der Waals surface area (Å²) in [5.41, 5.74) is 0.863. The molecule has 12 heavy (non-hydrogen) atoms. The lowest BCUT2D eigenvalue weighted by atomic mass is 10.2. The fraction of sp³-hybridized carbons (Fsp3) is 0. The molecule has 0 atom stereocenters. The second-order valence-corrected chi connectivity index (χ2v) is 2.50. The van der Waals surface area contributed by atoms with Gasteiger partial charge in [0, 0.05) is 10.9 Å². The Morgan fingerprint density at radius 3 is 3.00 bits per heavy atom. The number of aldehydes is 1. The van der Waals surface area contributed by atoms with E-state index in [9.17, 15) is 9.90 Å².